The van der Waals surface area contributed by atoms with Gasteiger partial charge in [-0.15, -0.1) is 16.6 Å². The van der Waals surface area contributed by atoms with Gasteiger partial charge in [0.2, 0.25) is 0 Å². The molecule has 1 aromatic heterocycles. The molecule has 0 fully saturated rings. The number of terminal acetylenes is 1. The van der Waals surface area contributed by atoms with E-state index in [2.05, 4.69) is 21.4 Å². The molecule has 56 valence electrons. The van der Waals surface area contributed by atoms with Crippen molar-refractivity contribution in [2.24, 2.45) is 0 Å². The van der Waals surface area contributed by atoms with Crippen LogP contribution < -0.4 is 5.32 Å². The molecule has 1 heterocycles. The Morgan fingerprint density at radius 2 is 2.36 bits per heavy atom. The number of aromatic nitrogens is 2. The summed E-state index contributed by atoms with van der Waals surface area (Å²) in [7, 11) is 0. The average molecular weight is 168 g/mol. The lowest BCUT2D eigenvalue weighted by Gasteiger charge is -1.97. The molecule has 3 nitrogen and oxygen atoms in total. The third-order valence-electron chi connectivity index (χ3n) is 1.00. The Morgan fingerprint density at radius 3 is 2.91 bits per heavy atom. The average Bonchev–Trinajstić information content (AvgIpc) is 2.04. The van der Waals surface area contributed by atoms with Gasteiger partial charge in [0.05, 0.1) is 6.54 Å². The number of nitrogens with one attached hydrogen (secondary N) is 1. The molecule has 0 unspecified atom stereocenters. The molecule has 1 rings (SSSR count). The molecule has 0 aromatic carbocycles. The zero-order valence-electron chi connectivity index (χ0n) is 5.71. The van der Waals surface area contributed by atoms with Crippen molar-refractivity contribution in [3.63, 3.8) is 0 Å². The SMILES string of the molecule is C#CCNc1ccc(Cl)nn1. The Labute approximate surface area is 69.8 Å². The van der Waals surface area contributed by atoms with Gasteiger partial charge < -0.3 is 5.32 Å². The van der Waals surface area contributed by atoms with Gasteiger partial charge in [0.15, 0.2) is 5.15 Å². The van der Waals surface area contributed by atoms with Crippen LogP contribution in [-0.4, -0.2) is 16.7 Å². The van der Waals surface area contributed by atoms with Gasteiger partial charge in [0.25, 0.3) is 0 Å². The molecule has 0 bridgehead atoms. The van der Waals surface area contributed by atoms with Gasteiger partial charge in [-0.25, -0.2) is 0 Å². The van der Waals surface area contributed by atoms with Gasteiger partial charge in [-0.3, -0.25) is 0 Å². The highest BCUT2D eigenvalue weighted by Gasteiger charge is 1.91. The highest BCUT2D eigenvalue weighted by molar-refractivity contribution is 6.29. The van der Waals surface area contributed by atoms with E-state index in [0.29, 0.717) is 17.5 Å². The molecule has 0 aliphatic rings. The van der Waals surface area contributed by atoms with E-state index >= 15 is 0 Å². The van der Waals surface area contributed by atoms with Crippen LogP contribution in [0.3, 0.4) is 0 Å². The Hall–Kier alpha value is -1.27. The fraction of sp³-hybridized carbons (Fsp3) is 0.143. The predicted molar refractivity (Wildman–Crippen MR) is 44.4 cm³/mol. The maximum absolute atomic E-state index is 5.50. The summed E-state index contributed by atoms with van der Waals surface area (Å²) >= 11 is 5.50. The van der Waals surface area contributed by atoms with Crippen molar-refractivity contribution in [2.45, 2.75) is 0 Å². The van der Waals surface area contributed by atoms with E-state index in [-0.39, 0.29) is 0 Å². The van der Waals surface area contributed by atoms with Gasteiger partial charge in [-0.1, -0.05) is 17.5 Å². The number of hydrogen-bond donors (Lipinski definition) is 1. The number of nitrogens with zero attached hydrogens (tertiary/aromatic N) is 2. The molecule has 11 heavy (non-hydrogen) atoms. The Balaban J connectivity index is 2.60. The molecule has 1 N–H and O–H groups in total. The third kappa shape index (κ3) is 2.44. The maximum Gasteiger partial charge on any atom is 0.151 e. The second-order valence-corrected chi connectivity index (χ2v) is 2.19. The van der Waals surface area contributed by atoms with Crippen molar-refractivity contribution < 1.29 is 0 Å². The highest BCUT2D eigenvalue weighted by Crippen LogP contribution is 2.04. The smallest absolute Gasteiger partial charge is 0.151 e. The fourth-order valence-electron chi connectivity index (χ4n) is 0.552. The summed E-state index contributed by atoms with van der Waals surface area (Å²) in [6.45, 7) is 0.441. The Morgan fingerprint density at radius 1 is 1.55 bits per heavy atom. The number of rotatable bonds is 2. The van der Waals surface area contributed by atoms with E-state index < -0.39 is 0 Å². The molecule has 0 aliphatic carbocycles. The minimum Gasteiger partial charge on any atom is -0.358 e. The van der Waals surface area contributed by atoms with Crippen LogP contribution in [0, 0.1) is 12.3 Å². The largest absolute Gasteiger partial charge is 0.358 e. The molecule has 4 heteroatoms. The van der Waals surface area contributed by atoms with E-state index in [4.69, 9.17) is 18.0 Å². The predicted octanol–water partition coefficient (Wildman–Crippen LogP) is 1.18. The van der Waals surface area contributed by atoms with Crippen LogP contribution in [0.2, 0.25) is 5.15 Å². The first-order valence-electron chi connectivity index (χ1n) is 2.99. The lowest BCUT2D eigenvalue weighted by atomic mass is 10.5. The standard InChI is InChI=1S/C7H6ClN3/c1-2-5-9-7-4-3-6(8)10-11-7/h1,3-4H,5H2,(H,9,11). The molecule has 0 saturated carbocycles. The second-order valence-electron chi connectivity index (χ2n) is 1.80. The van der Waals surface area contributed by atoms with Crippen LogP contribution in [0.1, 0.15) is 0 Å². The summed E-state index contributed by atoms with van der Waals surface area (Å²) in [6, 6.07) is 3.36. The quantitative estimate of drug-likeness (QED) is 0.673. The first-order chi connectivity index (χ1) is 5.33. The monoisotopic (exact) mass is 167 g/mol. The number of hydrogen-bond acceptors (Lipinski definition) is 3. The van der Waals surface area contributed by atoms with Crippen molar-refractivity contribution in [1.82, 2.24) is 10.2 Å². The third-order valence-corrected chi connectivity index (χ3v) is 1.21. The molecule has 0 saturated heterocycles. The molecule has 0 amide bonds. The lowest BCUT2D eigenvalue weighted by molar-refractivity contribution is 1.02. The van der Waals surface area contributed by atoms with Crippen molar-refractivity contribution in [2.75, 3.05) is 11.9 Å². The molecular weight excluding hydrogens is 162 g/mol. The first-order valence-corrected chi connectivity index (χ1v) is 3.37. The zero-order chi connectivity index (χ0) is 8.10. The fourth-order valence-corrected chi connectivity index (χ4v) is 0.653. The highest BCUT2D eigenvalue weighted by atomic mass is 35.5. The first kappa shape index (κ1) is 7.83. The summed E-state index contributed by atoms with van der Waals surface area (Å²) in [6.07, 6.45) is 5.02. The maximum atomic E-state index is 5.50. The summed E-state index contributed by atoms with van der Waals surface area (Å²) in [5, 5.41) is 10.6. The Bertz CT molecular complexity index is 262. The minimum atomic E-state index is 0.372. The van der Waals surface area contributed by atoms with E-state index in [9.17, 15) is 0 Å². The summed E-state index contributed by atoms with van der Waals surface area (Å²) in [4.78, 5) is 0. The van der Waals surface area contributed by atoms with Crippen LogP contribution in [0.5, 0.6) is 0 Å². The van der Waals surface area contributed by atoms with Gasteiger partial charge in [0, 0.05) is 0 Å². The molecule has 0 radical (unpaired) electrons. The van der Waals surface area contributed by atoms with Crippen LogP contribution in [0.25, 0.3) is 0 Å². The Kier molecular flexibility index (Phi) is 2.70. The van der Waals surface area contributed by atoms with E-state index in [1.165, 1.54) is 0 Å². The lowest BCUT2D eigenvalue weighted by Crippen LogP contribution is -2.01. The van der Waals surface area contributed by atoms with Gasteiger partial charge in [0.1, 0.15) is 5.82 Å². The van der Waals surface area contributed by atoms with Gasteiger partial charge in [-0.2, -0.15) is 0 Å². The minimum absolute atomic E-state index is 0.372. The van der Waals surface area contributed by atoms with E-state index in [1.54, 1.807) is 12.1 Å². The molecular formula is C7H6ClN3. The van der Waals surface area contributed by atoms with Crippen LogP contribution >= 0.6 is 11.6 Å². The summed E-state index contributed by atoms with van der Waals surface area (Å²) in [5.74, 6) is 3.05. The normalized spacial score (nSPS) is 8.73. The van der Waals surface area contributed by atoms with Crippen LogP contribution in [0.15, 0.2) is 12.1 Å². The van der Waals surface area contributed by atoms with E-state index in [0.717, 1.165) is 0 Å². The van der Waals surface area contributed by atoms with Crippen molar-refractivity contribution in [3.05, 3.63) is 17.3 Å². The van der Waals surface area contributed by atoms with Crippen molar-refractivity contribution >= 4 is 17.4 Å². The second kappa shape index (κ2) is 3.79. The topological polar surface area (TPSA) is 37.8 Å². The van der Waals surface area contributed by atoms with Crippen molar-refractivity contribution in [1.29, 1.82) is 0 Å². The number of anilines is 1. The summed E-state index contributed by atoms with van der Waals surface area (Å²) < 4.78 is 0. The molecule has 1 aromatic rings. The molecule has 0 spiro atoms. The van der Waals surface area contributed by atoms with Crippen molar-refractivity contribution in [3.8, 4) is 12.3 Å². The number of halogens is 1. The zero-order valence-corrected chi connectivity index (χ0v) is 6.47. The molecule has 0 aliphatic heterocycles. The van der Waals surface area contributed by atoms with Gasteiger partial charge in [-0.05, 0) is 12.1 Å². The van der Waals surface area contributed by atoms with Crippen LogP contribution in [-0.2, 0) is 0 Å². The summed E-state index contributed by atoms with van der Waals surface area (Å²) in [5.41, 5.74) is 0. The molecule has 0 atom stereocenters. The van der Waals surface area contributed by atoms with E-state index in [1.807, 2.05) is 0 Å². The van der Waals surface area contributed by atoms with Gasteiger partial charge >= 0.3 is 0 Å². The van der Waals surface area contributed by atoms with Crippen LogP contribution in [0.4, 0.5) is 5.82 Å².